The molecule has 214 valence electrons. The fourth-order valence-corrected chi connectivity index (χ4v) is 11.1. The van der Waals surface area contributed by atoms with Gasteiger partial charge in [0.05, 0.1) is 5.69 Å². The van der Waals surface area contributed by atoms with Gasteiger partial charge >= 0.3 is 0 Å². The number of hydrogen-bond donors (Lipinski definition) is 2. The minimum atomic E-state index is 0.135. The standard InChI is InChI=1S/C35H58N2O/c1-22(2)9-8-10-23(3)26-13-14-27-25-12-16-31-33(4,5)32(38-30-15-11-24(36)21-29(30)37)18-20-35(31,7)28(25)17-19-34(26,27)6/h11,15,21-23,25-28,31-32H,8-10,12-14,16-20,36-37H2,1-7H3. The molecule has 3 nitrogen and oxygen atoms in total. The number of hydrogen-bond acceptors (Lipinski definition) is 3. The van der Waals surface area contributed by atoms with Gasteiger partial charge in [0.15, 0.2) is 0 Å². The van der Waals surface area contributed by atoms with E-state index in [0.29, 0.717) is 28.1 Å². The first-order chi connectivity index (χ1) is 17.9. The second-order valence-corrected chi connectivity index (χ2v) is 15.8. The summed E-state index contributed by atoms with van der Waals surface area (Å²) in [6.07, 6.45) is 15.6. The van der Waals surface area contributed by atoms with Crippen LogP contribution in [0.5, 0.6) is 5.75 Å². The van der Waals surface area contributed by atoms with Gasteiger partial charge in [-0.25, -0.2) is 0 Å². The zero-order chi connectivity index (χ0) is 27.5. The van der Waals surface area contributed by atoms with Gasteiger partial charge in [0.1, 0.15) is 11.9 Å². The molecule has 0 aliphatic heterocycles. The highest BCUT2D eigenvalue weighted by molar-refractivity contribution is 5.60. The molecule has 9 atom stereocenters. The Kier molecular flexibility index (Phi) is 7.58. The predicted octanol–water partition coefficient (Wildman–Crippen LogP) is 9.36. The molecule has 0 radical (unpaired) electrons. The Bertz CT molecular complexity index is 986. The Labute approximate surface area is 234 Å². The van der Waals surface area contributed by atoms with E-state index in [-0.39, 0.29) is 11.5 Å². The zero-order valence-corrected chi connectivity index (χ0v) is 25.7. The summed E-state index contributed by atoms with van der Waals surface area (Å²) in [5.41, 5.74) is 14.8. The van der Waals surface area contributed by atoms with Crippen molar-refractivity contribution in [1.29, 1.82) is 0 Å². The number of nitrogens with two attached hydrogens (primary N) is 2. The Hall–Kier alpha value is -1.38. The van der Waals surface area contributed by atoms with Gasteiger partial charge in [-0.15, -0.1) is 0 Å². The van der Waals surface area contributed by atoms with E-state index in [1.165, 1.54) is 64.2 Å². The van der Waals surface area contributed by atoms with Crippen molar-refractivity contribution in [2.45, 2.75) is 125 Å². The molecule has 0 aromatic heterocycles. The predicted molar refractivity (Wildman–Crippen MR) is 162 cm³/mol. The molecule has 4 aliphatic rings. The molecule has 4 aliphatic carbocycles. The Morgan fingerprint density at radius 2 is 1.55 bits per heavy atom. The maximum absolute atomic E-state index is 6.68. The summed E-state index contributed by atoms with van der Waals surface area (Å²) in [5.74, 6) is 6.96. The largest absolute Gasteiger partial charge is 0.488 e. The number of benzene rings is 1. The third-order valence-corrected chi connectivity index (χ3v) is 13.0. The fraction of sp³-hybridized carbons (Fsp3) is 0.829. The van der Waals surface area contributed by atoms with Crippen LogP contribution in [0.1, 0.15) is 119 Å². The molecule has 9 unspecified atom stereocenters. The topological polar surface area (TPSA) is 61.3 Å². The van der Waals surface area contributed by atoms with E-state index in [0.717, 1.165) is 47.7 Å². The highest BCUT2D eigenvalue weighted by atomic mass is 16.5. The average Bonchev–Trinajstić information content (AvgIpc) is 3.19. The summed E-state index contributed by atoms with van der Waals surface area (Å²) in [6, 6.07) is 5.71. The van der Waals surface area contributed by atoms with Gasteiger partial charge in [-0.3, -0.25) is 0 Å². The maximum Gasteiger partial charge on any atom is 0.142 e. The van der Waals surface area contributed by atoms with E-state index in [1.54, 1.807) is 0 Å². The lowest BCUT2D eigenvalue weighted by atomic mass is 9.41. The third-order valence-electron chi connectivity index (χ3n) is 13.0. The Morgan fingerprint density at radius 3 is 2.26 bits per heavy atom. The van der Waals surface area contributed by atoms with Crippen molar-refractivity contribution in [1.82, 2.24) is 0 Å². The van der Waals surface area contributed by atoms with Gasteiger partial charge in [0, 0.05) is 11.1 Å². The summed E-state index contributed by atoms with van der Waals surface area (Å²) in [7, 11) is 0. The van der Waals surface area contributed by atoms with Crippen LogP contribution in [0.15, 0.2) is 18.2 Å². The van der Waals surface area contributed by atoms with Crippen LogP contribution in [0.3, 0.4) is 0 Å². The average molecular weight is 523 g/mol. The molecule has 0 amide bonds. The number of ether oxygens (including phenoxy) is 1. The lowest BCUT2D eigenvalue weighted by Gasteiger charge is -2.65. The van der Waals surface area contributed by atoms with Crippen LogP contribution in [0.25, 0.3) is 0 Å². The molecule has 1 aromatic carbocycles. The molecule has 3 heteroatoms. The summed E-state index contributed by atoms with van der Waals surface area (Å²) in [6.45, 7) is 17.8. The van der Waals surface area contributed by atoms with Crippen LogP contribution in [0.2, 0.25) is 0 Å². The fourth-order valence-electron chi connectivity index (χ4n) is 11.1. The molecule has 0 bridgehead atoms. The molecule has 4 saturated carbocycles. The maximum atomic E-state index is 6.68. The van der Waals surface area contributed by atoms with Gasteiger partial charge in [-0.05, 0) is 122 Å². The van der Waals surface area contributed by atoms with E-state index in [4.69, 9.17) is 16.2 Å². The quantitative estimate of drug-likeness (QED) is 0.351. The molecule has 1 aromatic rings. The van der Waals surface area contributed by atoms with Crippen LogP contribution in [-0.4, -0.2) is 6.10 Å². The van der Waals surface area contributed by atoms with Crippen molar-refractivity contribution in [3.05, 3.63) is 18.2 Å². The molecule has 0 spiro atoms. The van der Waals surface area contributed by atoms with E-state index < -0.39 is 0 Å². The highest BCUT2D eigenvalue weighted by Gasteiger charge is 2.63. The normalized spacial score (nSPS) is 40.7. The first-order valence-corrected chi connectivity index (χ1v) is 16.2. The second-order valence-electron chi connectivity index (χ2n) is 15.8. The van der Waals surface area contributed by atoms with Gasteiger partial charge in [0.2, 0.25) is 0 Å². The summed E-state index contributed by atoms with van der Waals surface area (Å²) in [5, 5.41) is 0. The summed E-state index contributed by atoms with van der Waals surface area (Å²) >= 11 is 0. The smallest absolute Gasteiger partial charge is 0.142 e. The van der Waals surface area contributed by atoms with Crippen molar-refractivity contribution in [2.75, 3.05) is 11.5 Å². The van der Waals surface area contributed by atoms with E-state index in [9.17, 15) is 0 Å². The minimum absolute atomic E-state index is 0.135. The zero-order valence-electron chi connectivity index (χ0n) is 25.7. The Morgan fingerprint density at radius 1 is 0.842 bits per heavy atom. The molecule has 4 N–H and O–H groups in total. The van der Waals surface area contributed by atoms with Crippen LogP contribution in [-0.2, 0) is 0 Å². The number of nitrogen functional groups attached to an aromatic ring is 2. The molecule has 0 saturated heterocycles. The lowest BCUT2D eigenvalue weighted by molar-refractivity contribution is -0.174. The number of anilines is 2. The third kappa shape index (κ3) is 4.66. The Balaban J connectivity index is 1.30. The summed E-state index contributed by atoms with van der Waals surface area (Å²) < 4.78 is 6.68. The second kappa shape index (κ2) is 10.2. The van der Waals surface area contributed by atoms with Crippen molar-refractivity contribution in [3.8, 4) is 5.75 Å². The first kappa shape index (κ1) is 28.2. The van der Waals surface area contributed by atoms with Gasteiger partial charge in [0.25, 0.3) is 0 Å². The van der Waals surface area contributed by atoms with Gasteiger partial charge in [-0.1, -0.05) is 67.7 Å². The SMILES string of the molecule is CC(C)CCCC(C)C1CCC2C3CCC4C(C)(C)C(Oc5ccc(N)cc5N)CCC4(C)C3CCC12C. The van der Waals surface area contributed by atoms with Gasteiger partial charge in [-0.2, -0.15) is 0 Å². The van der Waals surface area contributed by atoms with Gasteiger partial charge < -0.3 is 16.2 Å². The molecule has 38 heavy (non-hydrogen) atoms. The molecular formula is C35H58N2O. The van der Waals surface area contributed by atoms with Crippen LogP contribution < -0.4 is 16.2 Å². The minimum Gasteiger partial charge on any atom is -0.488 e. The van der Waals surface area contributed by atoms with Crippen LogP contribution >= 0.6 is 0 Å². The monoisotopic (exact) mass is 522 g/mol. The van der Waals surface area contributed by atoms with Crippen molar-refractivity contribution < 1.29 is 4.74 Å². The first-order valence-electron chi connectivity index (χ1n) is 16.2. The molecule has 5 rings (SSSR count). The summed E-state index contributed by atoms with van der Waals surface area (Å²) in [4.78, 5) is 0. The molecule has 0 heterocycles. The molecule has 4 fully saturated rings. The molecular weight excluding hydrogens is 464 g/mol. The van der Waals surface area contributed by atoms with E-state index in [2.05, 4.69) is 48.5 Å². The van der Waals surface area contributed by atoms with E-state index >= 15 is 0 Å². The number of fused-ring (bicyclic) bond motifs is 5. The highest BCUT2D eigenvalue weighted by Crippen LogP contribution is 2.70. The van der Waals surface area contributed by atoms with Crippen molar-refractivity contribution in [3.63, 3.8) is 0 Å². The van der Waals surface area contributed by atoms with Crippen molar-refractivity contribution in [2.24, 2.45) is 57.7 Å². The van der Waals surface area contributed by atoms with E-state index in [1.807, 2.05) is 18.2 Å². The lowest BCUT2D eigenvalue weighted by Crippen LogP contribution is -2.60. The van der Waals surface area contributed by atoms with Crippen LogP contribution in [0.4, 0.5) is 11.4 Å². The van der Waals surface area contributed by atoms with Crippen molar-refractivity contribution >= 4 is 11.4 Å². The van der Waals surface area contributed by atoms with Crippen LogP contribution in [0, 0.1) is 57.7 Å². The number of rotatable bonds is 7.